The predicted molar refractivity (Wildman–Crippen MR) is 82.8 cm³/mol. The maximum Gasteiger partial charge on any atom is 0.417 e. The summed E-state index contributed by atoms with van der Waals surface area (Å²) in [5, 5.41) is 0. The molecule has 0 fully saturated rings. The number of nitrogens with zero attached hydrogens (tertiary/aromatic N) is 2. The number of benzene rings is 1. The third-order valence-corrected chi connectivity index (χ3v) is 5.18. The molecule has 0 spiro atoms. The molecule has 0 radical (unpaired) electrons. The van der Waals surface area contributed by atoms with Crippen molar-refractivity contribution in [1.82, 2.24) is 9.71 Å². The summed E-state index contributed by atoms with van der Waals surface area (Å²) in [7, 11) is -2.39. The fourth-order valence-electron chi connectivity index (χ4n) is 2.52. The zero-order valence-corrected chi connectivity index (χ0v) is 13.6. The lowest BCUT2D eigenvalue weighted by Gasteiger charge is -2.17. The molecule has 0 bridgehead atoms. The number of halogens is 3. The number of carbonyl (C=O) groups excluding carboxylic acids is 1. The average molecular weight is 371 g/mol. The average Bonchev–Trinajstić information content (AvgIpc) is 2.89. The molecule has 25 heavy (non-hydrogen) atoms. The fraction of sp³-hybridized carbons (Fsp3) is 0.200. The molecule has 0 aliphatic carbocycles. The summed E-state index contributed by atoms with van der Waals surface area (Å²) in [5.74, 6) is -0.359. The number of aromatic nitrogens is 1. The third-order valence-electron chi connectivity index (χ3n) is 3.77. The Morgan fingerprint density at radius 2 is 1.92 bits per heavy atom. The molecule has 1 aliphatic rings. The first-order chi connectivity index (χ1) is 11.6. The standard InChI is InChI=1S/C15H12F3N3O3S/c1-19-25(23,24)11-3-4-12-9(6-11)7-14(22)21(12)13-5-2-10(8-20-13)15(16,17)18/h2-6,8,19H,7H2,1H3. The second kappa shape index (κ2) is 5.81. The highest BCUT2D eigenvalue weighted by atomic mass is 32.2. The van der Waals surface area contributed by atoms with Crippen LogP contribution in [0.15, 0.2) is 41.4 Å². The molecule has 10 heteroatoms. The number of hydrogen-bond acceptors (Lipinski definition) is 4. The Hall–Kier alpha value is -2.46. The third kappa shape index (κ3) is 3.10. The van der Waals surface area contributed by atoms with Gasteiger partial charge in [-0.3, -0.25) is 9.69 Å². The minimum atomic E-state index is -4.52. The lowest BCUT2D eigenvalue weighted by atomic mass is 10.2. The van der Waals surface area contributed by atoms with Gasteiger partial charge in [0.25, 0.3) is 0 Å². The number of anilines is 2. The van der Waals surface area contributed by atoms with Crippen LogP contribution in [-0.4, -0.2) is 26.4 Å². The zero-order chi connectivity index (χ0) is 18.4. The van der Waals surface area contributed by atoms with Gasteiger partial charge in [0, 0.05) is 6.20 Å². The molecule has 2 aromatic rings. The summed E-state index contributed by atoms with van der Waals surface area (Å²) in [4.78, 5) is 17.1. The van der Waals surface area contributed by atoms with Gasteiger partial charge in [-0.05, 0) is 42.9 Å². The minimum Gasteiger partial charge on any atom is -0.274 e. The number of pyridine rings is 1. The summed E-state index contributed by atoms with van der Waals surface area (Å²) in [6, 6.07) is 6.06. The van der Waals surface area contributed by atoms with E-state index in [0.29, 0.717) is 17.4 Å². The molecule has 0 saturated heterocycles. The first-order valence-corrected chi connectivity index (χ1v) is 8.54. The van der Waals surface area contributed by atoms with Gasteiger partial charge in [0.2, 0.25) is 15.9 Å². The van der Waals surface area contributed by atoms with Crippen LogP contribution < -0.4 is 9.62 Å². The van der Waals surface area contributed by atoms with Gasteiger partial charge in [0.15, 0.2) is 0 Å². The van der Waals surface area contributed by atoms with Crippen LogP contribution in [0, 0.1) is 0 Å². The Balaban J connectivity index is 2.00. The van der Waals surface area contributed by atoms with E-state index in [0.717, 1.165) is 12.1 Å². The summed E-state index contributed by atoms with van der Waals surface area (Å²) >= 11 is 0. The Morgan fingerprint density at radius 1 is 1.20 bits per heavy atom. The molecule has 1 aliphatic heterocycles. The van der Waals surface area contributed by atoms with Crippen LogP contribution in [0.25, 0.3) is 0 Å². The molecule has 132 valence electrons. The summed E-state index contributed by atoms with van der Waals surface area (Å²) in [5.41, 5.74) is -0.0612. The van der Waals surface area contributed by atoms with E-state index in [-0.39, 0.29) is 17.1 Å². The van der Waals surface area contributed by atoms with Gasteiger partial charge in [-0.2, -0.15) is 13.2 Å². The first-order valence-electron chi connectivity index (χ1n) is 7.06. The van der Waals surface area contributed by atoms with Gasteiger partial charge in [-0.15, -0.1) is 0 Å². The number of amides is 1. The molecule has 2 heterocycles. The van der Waals surface area contributed by atoms with Crippen LogP contribution in [-0.2, 0) is 27.4 Å². The van der Waals surface area contributed by atoms with Gasteiger partial charge in [-0.25, -0.2) is 18.1 Å². The van der Waals surface area contributed by atoms with Crippen molar-refractivity contribution in [3.8, 4) is 0 Å². The van der Waals surface area contributed by atoms with Crippen molar-refractivity contribution >= 4 is 27.4 Å². The fourth-order valence-corrected chi connectivity index (χ4v) is 3.30. The van der Waals surface area contributed by atoms with E-state index in [9.17, 15) is 26.4 Å². The van der Waals surface area contributed by atoms with Gasteiger partial charge in [0.05, 0.1) is 22.6 Å². The molecule has 0 unspecified atom stereocenters. The topological polar surface area (TPSA) is 79.4 Å². The second-order valence-corrected chi connectivity index (χ2v) is 7.19. The van der Waals surface area contributed by atoms with E-state index in [2.05, 4.69) is 9.71 Å². The Kier molecular flexibility index (Phi) is 4.04. The summed E-state index contributed by atoms with van der Waals surface area (Å²) in [6.07, 6.45) is -3.93. The SMILES string of the molecule is CNS(=O)(=O)c1ccc2c(c1)CC(=O)N2c1ccc(C(F)(F)F)cn1. The van der Waals surface area contributed by atoms with Crippen molar-refractivity contribution in [2.45, 2.75) is 17.5 Å². The maximum atomic E-state index is 12.6. The van der Waals surface area contributed by atoms with Gasteiger partial charge >= 0.3 is 6.18 Å². The molecule has 1 N–H and O–H groups in total. The van der Waals surface area contributed by atoms with E-state index in [1.165, 1.54) is 30.1 Å². The molecule has 1 amide bonds. The Morgan fingerprint density at radius 3 is 2.48 bits per heavy atom. The van der Waals surface area contributed by atoms with E-state index in [4.69, 9.17) is 0 Å². The van der Waals surface area contributed by atoms with Crippen molar-refractivity contribution in [2.75, 3.05) is 11.9 Å². The van der Waals surface area contributed by atoms with E-state index < -0.39 is 27.7 Å². The maximum absolute atomic E-state index is 12.6. The van der Waals surface area contributed by atoms with Gasteiger partial charge in [-0.1, -0.05) is 0 Å². The van der Waals surface area contributed by atoms with Crippen LogP contribution in [0.1, 0.15) is 11.1 Å². The normalized spacial score (nSPS) is 14.7. The quantitative estimate of drug-likeness (QED) is 0.897. The number of fused-ring (bicyclic) bond motifs is 1. The zero-order valence-electron chi connectivity index (χ0n) is 12.8. The molecular weight excluding hydrogens is 359 g/mol. The van der Waals surface area contributed by atoms with Crippen LogP contribution in [0.4, 0.5) is 24.7 Å². The molecular formula is C15H12F3N3O3S. The van der Waals surface area contributed by atoms with Gasteiger partial charge < -0.3 is 0 Å². The number of hydrogen-bond donors (Lipinski definition) is 1. The highest BCUT2D eigenvalue weighted by Gasteiger charge is 2.33. The highest BCUT2D eigenvalue weighted by molar-refractivity contribution is 7.89. The Bertz CT molecular complexity index is 941. The number of rotatable bonds is 3. The lowest BCUT2D eigenvalue weighted by molar-refractivity contribution is -0.137. The molecule has 3 rings (SSSR count). The van der Waals surface area contributed by atoms with E-state index in [1.54, 1.807) is 0 Å². The monoisotopic (exact) mass is 371 g/mol. The lowest BCUT2D eigenvalue weighted by Crippen LogP contribution is -2.22. The van der Waals surface area contributed by atoms with Gasteiger partial charge in [0.1, 0.15) is 5.82 Å². The molecule has 0 saturated carbocycles. The first kappa shape index (κ1) is 17.4. The molecule has 6 nitrogen and oxygen atoms in total. The number of carbonyl (C=O) groups is 1. The van der Waals surface area contributed by atoms with Crippen molar-refractivity contribution in [1.29, 1.82) is 0 Å². The van der Waals surface area contributed by atoms with Crippen LogP contribution in [0.3, 0.4) is 0 Å². The van der Waals surface area contributed by atoms with Crippen molar-refractivity contribution in [2.24, 2.45) is 0 Å². The van der Waals surface area contributed by atoms with Crippen molar-refractivity contribution in [3.63, 3.8) is 0 Å². The number of sulfonamides is 1. The summed E-state index contributed by atoms with van der Waals surface area (Å²) < 4.78 is 63.7. The van der Waals surface area contributed by atoms with Crippen LogP contribution in [0.2, 0.25) is 0 Å². The van der Waals surface area contributed by atoms with E-state index in [1.807, 2.05) is 0 Å². The Labute approximate surface area is 141 Å². The second-order valence-electron chi connectivity index (χ2n) is 5.31. The van der Waals surface area contributed by atoms with E-state index >= 15 is 0 Å². The smallest absolute Gasteiger partial charge is 0.274 e. The highest BCUT2D eigenvalue weighted by Crippen LogP contribution is 2.37. The van der Waals surface area contributed by atoms with Crippen molar-refractivity contribution < 1.29 is 26.4 Å². The largest absolute Gasteiger partial charge is 0.417 e. The predicted octanol–water partition coefficient (Wildman–Crippen LogP) is 2.23. The van der Waals surface area contributed by atoms with Crippen molar-refractivity contribution in [3.05, 3.63) is 47.7 Å². The summed E-state index contributed by atoms with van der Waals surface area (Å²) in [6.45, 7) is 0. The molecule has 0 atom stereocenters. The van der Waals surface area contributed by atoms with Crippen LogP contribution in [0.5, 0.6) is 0 Å². The molecule has 1 aromatic heterocycles. The number of nitrogens with one attached hydrogen (secondary N) is 1. The van der Waals surface area contributed by atoms with Crippen LogP contribution >= 0.6 is 0 Å². The molecule has 1 aromatic carbocycles. The minimum absolute atomic E-state index is 0.00350. The number of alkyl halides is 3.